The van der Waals surface area contributed by atoms with Gasteiger partial charge in [-0.25, -0.2) is 0 Å². The number of benzene rings is 1. The lowest BCUT2D eigenvalue weighted by Gasteiger charge is -2.39. The Kier molecular flexibility index (Phi) is 9.01. The van der Waals surface area contributed by atoms with Crippen LogP contribution >= 0.6 is 28.3 Å². The molecular weight excluding hydrogens is 421 g/mol. The fraction of sp³-hybridized carbons (Fsp3) is 0.647. The van der Waals surface area contributed by atoms with Crippen LogP contribution in [0.15, 0.2) is 22.7 Å². The number of ether oxygens (including phenoxy) is 1. The molecular formula is C17H25BrClF3N2O. The summed E-state index contributed by atoms with van der Waals surface area (Å²) < 4.78 is 43.5. The van der Waals surface area contributed by atoms with Crippen LogP contribution in [-0.4, -0.2) is 37.4 Å². The molecule has 1 fully saturated rings. The molecule has 0 aliphatic carbocycles. The summed E-state index contributed by atoms with van der Waals surface area (Å²) in [6.45, 7) is 7.53. The van der Waals surface area contributed by atoms with Gasteiger partial charge >= 0.3 is 6.36 Å². The van der Waals surface area contributed by atoms with Gasteiger partial charge in [0.25, 0.3) is 0 Å². The van der Waals surface area contributed by atoms with E-state index in [1.54, 1.807) is 12.1 Å². The Balaban J connectivity index is 0.00000312. The molecule has 0 saturated carbocycles. The van der Waals surface area contributed by atoms with Gasteiger partial charge in [-0.3, -0.25) is 4.90 Å². The molecule has 144 valence electrons. The lowest BCUT2D eigenvalue weighted by atomic mass is 9.88. The van der Waals surface area contributed by atoms with Crippen LogP contribution in [0.2, 0.25) is 0 Å². The summed E-state index contributed by atoms with van der Waals surface area (Å²) in [7, 11) is 0. The van der Waals surface area contributed by atoms with E-state index < -0.39 is 6.36 Å². The van der Waals surface area contributed by atoms with Crippen molar-refractivity contribution in [3.8, 4) is 5.75 Å². The van der Waals surface area contributed by atoms with Gasteiger partial charge in [-0.15, -0.1) is 25.6 Å². The molecule has 1 aliphatic heterocycles. The van der Waals surface area contributed by atoms with Gasteiger partial charge in [-0.05, 0) is 30.5 Å². The van der Waals surface area contributed by atoms with Gasteiger partial charge < -0.3 is 10.1 Å². The number of alkyl halides is 3. The van der Waals surface area contributed by atoms with Crippen LogP contribution in [0.4, 0.5) is 13.2 Å². The molecule has 2 atom stereocenters. The molecule has 1 saturated heterocycles. The third kappa shape index (κ3) is 6.62. The molecule has 25 heavy (non-hydrogen) atoms. The maximum absolute atomic E-state index is 12.8. The summed E-state index contributed by atoms with van der Waals surface area (Å²) >= 11 is 3.39. The van der Waals surface area contributed by atoms with Crippen molar-refractivity contribution in [2.24, 2.45) is 5.92 Å². The first kappa shape index (κ1) is 22.5. The Hall–Kier alpha value is -0.500. The van der Waals surface area contributed by atoms with E-state index in [-0.39, 0.29) is 30.1 Å². The molecule has 0 spiro atoms. The monoisotopic (exact) mass is 444 g/mol. The number of rotatable bonds is 6. The van der Waals surface area contributed by atoms with E-state index in [2.05, 4.69) is 44.7 Å². The number of hydrogen-bond acceptors (Lipinski definition) is 3. The van der Waals surface area contributed by atoms with E-state index >= 15 is 0 Å². The summed E-state index contributed by atoms with van der Waals surface area (Å²) in [4.78, 5) is 2.27. The molecule has 1 N–H and O–H groups in total. The fourth-order valence-corrected chi connectivity index (χ4v) is 3.78. The topological polar surface area (TPSA) is 24.5 Å². The Bertz CT molecular complexity index is 539. The fourth-order valence-electron chi connectivity index (χ4n) is 3.40. The Morgan fingerprint density at radius 3 is 2.48 bits per heavy atom. The number of halogens is 5. The van der Waals surface area contributed by atoms with Gasteiger partial charge in [0.2, 0.25) is 0 Å². The molecule has 2 rings (SSSR count). The lowest BCUT2D eigenvalue weighted by molar-refractivity contribution is -0.275. The summed E-state index contributed by atoms with van der Waals surface area (Å²) in [5, 5.41) is 3.29. The predicted octanol–water partition coefficient (Wildman–Crippen LogP) is 5.15. The van der Waals surface area contributed by atoms with Gasteiger partial charge in [-0.1, -0.05) is 36.2 Å². The van der Waals surface area contributed by atoms with Crippen molar-refractivity contribution in [2.75, 3.05) is 26.2 Å². The van der Waals surface area contributed by atoms with E-state index in [0.29, 0.717) is 5.56 Å². The number of nitrogens with zero attached hydrogens (tertiary/aromatic N) is 1. The number of piperazine rings is 1. The molecule has 0 amide bonds. The molecule has 3 nitrogen and oxygen atoms in total. The molecule has 1 aromatic rings. The Morgan fingerprint density at radius 1 is 1.28 bits per heavy atom. The minimum atomic E-state index is -4.69. The summed E-state index contributed by atoms with van der Waals surface area (Å²) in [5.74, 6) is 0.134. The van der Waals surface area contributed by atoms with Crippen LogP contribution in [0.3, 0.4) is 0 Å². The van der Waals surface area contributed by atoms with Gasteiger partial charge in [0, 0.05) is 42.3 Å². The zero-order chi connectivity index (χ0) is 17.7. The van der Waals surface area contributed by atoms with Gasteiger partial charge in [-0.2, -0.15) is 0 Å². The van der Waals surface area contributed by atoms with Crippen LogP contribution in [0.5, 0.6) is 5.75 Å². The van der Waals surface area contributed by atoms with Crippen molar-refractivity contribution in [3.05, 3.63) is 28.2 Å². The summed E-state index contributed by atoms with van der Waals surface area (Å²) in [6.07, 6.45) is -2.75. The predicted molar refractivity (Wildman–Crippen MR) is 99.3 cm³/mol. The smallest absolute Gasteiger partial charge is 0.405 e. The van der Waals surface area contributed by atoms with Crippen LogP contribution in [0.25, 0.3) is 0 Å². The van der Waals surface area contributed by atoms with Gasteiger partial charge in [0.1, 0.15) is 5.75 Å². The Labute approximate surface area is 161 Å². The van der Waals surface area contributed by atoms with Crippen molar-refractivity contribution < 1.29 is 17.9 Å². The van der Waals surface area contributed by atoms with Crippen molar-refractivity contribution in [1.29, 1.82) is 0 Å². The van der Waals surface area contributed by atoms with Crippen LogP contribution in [-0.2, 0) is 0 Å². The molecule has 1 unspecified atom stereocenters. The molecule has 1 aromatic carbocycles. The SMILES string of the molecule is CCCC(C)[C@@H](c1cc(Br)ccc1OC(F)(F)F)N1CCNCC1.Cl. The first-order valence-electron chi connectivity index (χ1n) is 8.31. The van der Waals surface area contributed by atoms with Crippen molar-refractivity contribution in [1.82, 2.24) is 10.2 Å². The average molecular weight is 446 g/mol. The van der Waals surface area contributed by atoms with Crippen molar-refractivity contribution >= 4 is 28.3 Å². The highest BCUT2D eigenvalue weighted by Gasteiger charge is 2.35. The van der Waals surface area contributed by atoms with Crippen LogP contribution in [0, 0.1) is 5.92 Å². The quantitative estimate of drug-likeness (QED) is 0.655. The van der Waals surface area contributed by atoms with Gasteiger partial charge in [0.05, 0.1) is 0 Å². The highest BCUT2D eigenvalue weighted by atomic mass is 79.9. The highest BCUT2D eigenvalue weighted by molar-refractivity contribution is 9.10. The first-order chi connectivity index (χ1) is 11.3. The third-order valence-electron chi connectivity index (χ3n) is 4.34. The highest BCUT2D eigenvalue weighted by Crippen LogP contribution is 2.40. The van der Waals surface area contributed by atoms with Crippen LogP contribution < -0.4 is 10.1 Å². The van der Waals surface area contributed by atoms with E-state index in [9.17, 15) is 13.2 Å². The molecule has 1 heterocycles. The third-order valence-corrected chi connectivity index (χ3v) is 4.84. The standard InChI is InChI=1S/C17H24BrF3N2O.ClH/c1-3-4-12(2)16(23-9-7-22-8-10-23)14-11-13(18)5-6-15(14)24-17(19,20)21;/h5-6,11-12,16,22H,3-4,7-10H2,1-2H3;1H/t12?,16-;/m0./s1. The second kappa shape index (κ2) is 10.00. The maximum Gasteiger partial charge on any atom is 0.573 e. The summed E-state index contributed by atoms with van der Waals surface area (Å²) in [6, 6.07) is 4.66. The van der Waals surface area contributed by atoms with Crippen molar-refractivity contribution in [2.45, 2.75) is 39.1 Å². The average Bonchev–Trinajstić information content (AvgIpc) is 2.50. The largest absolute Gasteiger partial charge is 0.573 e. The molecule has 0 radical (unpaired) electrons. The van der Waals surface area contributed by atoms with Crippen LogP contribution in [0.1, 0.15) is 38.3 Å². The Morgan fingerprint density at radius 2 is 1.92 bits per heavy atom. The lowest BCUT2D eigenvalue weighted by Crippen LogP contribution is -2.46. The zero-order valence-corrected chi connectivity index (χ0v) is 16.8. The van der Waals surface area contributed by atoms with E-state index in [0.717, 1.165) is 43.5 Å². The maximum atomic E-state index is 12.8. The van der Waals surface area contributed by atoms with Crippen molar-refractivity contribution in [3.63, 3.8) is 0 Å². The van der Waals surface area contributed by atoms with Gasteiger partial charge in [0.15, 0.2) is 0 Å². The van der Waals surface area contributed by atoms with E-state index in [1.807, 2.05) is 0 Å². The molecule has 8 heteroatoms. The number of nitrogens with one attached hydrogen (secondary N) is 1. The molecule has 0 bridgehead atoms. The first-order valence-corrected chi connectivity index (χ1v) is 9.11. The molecule has 0 aromatic heterocycles. The van der Waals surface area contributed by atoms with E-state index in [1.165, 1.54) is 6.07 Å². The second-order valence-electron chi connectivity index (χ2n) is 6.23. The zero-order valence-electron chi connectivity index (χ0n) is 14.4. The molecule has 1 aliphatic rings. The van der Waals surface area contributed by atoms with E-state index in [4.69, 9.17) is 0 Å². The second-order valence-corrected chi connectivity index (χ2v) is 7.14. The summed E-state index contributed by atoms with van der Waals surface area (Å²) in [5.41, 5.74) is 0.601. The minimum Gasteiger partial charge on any atom is -0.405 e. The number of hydrogen-bond donors (Lipinski definition) is 1. The minimum absolute atomic E-state index is 0. The normalized spacial score (nSPS) is 18.3.